The molecule has 1 heterocycles. The van der Waals surface area contributed by atoms with Crippen LogP contribution >= 0.6 is 35.6 Å². The molecule has 0 bridgehead atoms. The van der Waals surface area contributed by atoms with Gasteiger partial charge >= 0.3 is 0 Å². The first-order valence-electron chi connectivity index (χ1n) is 10.8. The minimum Gasteiger partial charge on any atom is -0.343 e. The van der Waals surface area contributed by atoms with Crippen LogP contribution in [0.15, 0.2) is 42.5 Å². The number of halogens is 3. The lowest BCUT2D eigenvalue weighted by atomic mass is 10.0. The second-order valence-electron chi connectivity index (χ2n) is 8.39. The molecular weight excluding hydrogens is 499 g/mol. The maximum atomic E-state index is 13.7. The number of para-hydroxylation sites is 1. The number of anilines is 1. The van der Waals surface area contributed by atoms with Crippen molar-refractivity contribution in [1.29, 1.82) is 0 Å². The van der Waals surface area contributed by atoms with Crippen molar-refractivity contribution in [3.63, 3.8) is 0 Å². The molecule has 3 amide bonds. The van der Waals surface area contributed by atoms with Crippen molar-refractivity contribution in [2.45, 2.75) is 45.4 Å². The number of carbonyl (C=O) groups excluding carboxylic acids is 3. The first kappa shape index (κ1) is 27.9. The molecule has 7 nitrogen and oxygen atoms in total. The zero-order valence-corrected chi connectivity index (χ0v) is 21.7. The number of likely N-dealkylation sites (N-methyl/N-ethyl adjacent to an activating group) is 1. The molecule has 3 atom stereocenters. The Hall–Kier alpha value is -2.32. The van der Waals surface area contributed by atoms with Crippen LogP contribution in [0.1, 0.15) is 37.9 Å². The summed E-state index contributed by atoms with van der Waals surface area (Å²) in [5.41, 5.74) is 1.89. The molecule has 2 aromatic rings. The van der Waals surface area contributed by atoms with E-state index in [4.69, 9.17) is 23.2 Å². The molecule has 0 spiro atoms. The number of rotatable bonds is 7. The van der Waals surface area contributed by atoms with Crippen LogP contribution in [0.4, 0.5) is 5.69 Å². The Labute approximate surface area is 216 Å². The Morgan fingerprint density at radius 2 is 1.62 bits per heavy atom. The topological polar surface area (TPSA) is 90.5 Å². The Morgan fingerprint density at radius 3 is 2.21 bits per heavy atom. The molecule has 3 N–H and O–H groups in total. The van der Waals surface area contributed by atoms with Gasteiger partial charge in [-0.3, -0.25) is 14.4 Å². The molecule has 0 saturated carbocycles. The lowest BCUT2D eigenvalue weighted by Gasteiger charge is -2.31. The first-order chi connectivity index (χ1) is 15.6. The van der Waals surface area contributed by atoms with E-state index >= 15 is 0 Å². The fourth-order valence-corrected chi connectivity index (χ4v) is 4.28. The zero-order valence-electron chi connectivity index (χ0n) is 19.4. The van der Waals surface area contributed by atoms with Gasteiger partial charge in [-0.25, -0.2) is 0 Å². The van der Waals surface area contributed by atoms with Crippen LogP contribution in [0.25, 0.3) is 0 Å². The largest absolute Gasteiger partial charge is 0.343 e. The van der Waals surface area contributed by atoms with Gasteiger partial charge in [0.15, 0.2) is 0 Å². The molecule has 1 aliphatic heterocycles. The molecule has 2 aromatic carbocycles. The molecule has 10 heteroatoms. The molecule has 34 heavy (non-hydrogen) atoms. The molecule has 1 unspecified atom stereocenters. The van der Waals surface area contributed by atoms with Crippen molar-refractivity contribution in [3.8, 4) is 0 Å². The minimum atomic E-state index is -0.888. The quantitative estimate of drug-likeness (QED) is 0.504. The maximum Gasteiger partial charge on any atom is 0.251 e. The summed E-state index contributed by atoms with van der Waals surface area (Å²) in [6.07, 6.45) is 0. The molecule has 184 valence electrons. The van der Waals surface area contributed by atoms with Crippen LogP contribution in [0.5, 0.6) is 0 Å². The van der Waals surface area contributed by atoms with Crippen molar-refractivity contribution in [2.75, 3.05) is 12.4 Å². The van der Waals surface area contributed by atoms with Crippen molar-refractivity contribution in [2.24, 2.45) is 5.92 Å². The van der Waals surface area contributed by atoms with Gasteiger partial charge in [-0.05, 0) is 43.1 Å². The van der Waals surface area contributed by atoms with Gasteiger partial charge in [0.05, 0.1) is 21.8 Å². The lowest BCUT2D eigenvalue weighted by Crippen LogP contribution is -2.55. The first-order valence-corrected chi connectivity index (χ1v) is 11.5. The minimum absolute atomic E-state index is 0. The van der Waals surface area contributed by atoms with Crippen LogP contribution in [-0.2, 0) is 20.9 Å². The molecular formula is C24H29Cl3N4O3. The van der Waals surface area contributed by atoms with Gasteiger partial charge < -0.3 is 20.9 Å². The van der Waals surface area contributed by atoms with Crippen LogP contribution in [0, 0.1) is 5.92 Å². The number of hydrogen-bond donors (Lipinski definition) is 3. The summed E-state index contributed by atoms with van der Waals surface area (Å²) < 4.78 is 0. The highest BCUT2D eigenvalue weighted by molar-refractivity contribution is 6.39. The fourth-order valence-electron chi connectivity index (χ4n) is 3.79. The third kappa shape index (κ3) is 5.84. The normalized spacial score (nSPS) is 16.3. The summed E-state index contributed by atoms with van der Waals surface area (Å²) in [7, 11) is 1.67. The number of nitrogens with one attached hydrogen (secondary N) is 3. The molecule has 0 fully saturated rings. The van der Waals surface area contributed by atoms with E-state index in [-0.39, 0.29) is 36.7 Å². The summed E-state index contributed by atoms with van der Waals surface area (Å²) in [5, 5.41) is 9.09. The number of amides is 3. The van der Waals surface area contributed by atoms with Crippen molar-refractivity contribution < 1.29 is 14.4 Å². The van der Waals surface area contributed by atoms with Gasteiger partial charge in [-0.1, -0.05) is 67.4 Å². The molecule has 0 radical (unpaired) electrons. The van der Waals surface area contributed by atoms with E-state index in [2.05, 4.69) is 16.0 Å². The average molecular weight is 528 g/mol. The predicted octanol–water partition coefficient (Wildman–Crippen LogP) is 4.19. The van der Waals surface area contributed by atoms with E-state index in [1.807, 2.05) is 38.1 Å². The zero-order chi connectivity index (χ0) is 24.3. The smallest absolute Gasteiger partial charge is 0.251 e. The Kier molecular flexibility index (Phi) is 9.76. The highest BCUT2D eigenvalue weighted by Crippen LogP contribution is 2.37. The van der Waals surface area contributed by atoms with Crippen LogP contribution in [0.3, 0.4) is 0 Å². The monoisotopic (exact) mass is 526 g/mol. The van der Waals surface area contributed by atoms with E-state index in [1.54, 1.807) is 32.2 Å². The van der Waals surface area contributed by atoms with Crippen molar-refractivity contribution in [3.05, 3.63) is 63.6 Å². The molecule has 0 aromatic heterocycles. The van der Waals surface area contributed by atoms with Gasteiger partial charge in [-0.15, -0.1) is 12.4 Å². The third-order valence-corrected chi connectivity index (χ3v) is 6.43. The second kappa shape index (κ2) is 11.9. The number of hydrogen-bond acceptors (Lipinski definition) is 4. The van der Waals surface area contributed by atoms with E-state index in [9.17, 15) is 14.4 Å². The standard InChI is InChI=1S/C24H28Cl2N4O3.ClH/c1-13(2)19(28-22(31)14(3)27-4)24(33)30-12-15-8-5-6-9-16(15)21(30)23(32)29-20-17(25)10-7-11-18(20)26;/h5-11,13-14,19,21,27H,12H2,1-4H3,(H,28,31)(H,29,32);1H/t14-,19-,21?;/m0./s1. The van der Waals surface area contributed by atoms with Crippen LogP contribution in [-0.4, -0.2) is 41.8 Å². The highest BCUT2D eigenvalue weighted by Gasteiger charge is 2.42. The summed E-state index contributed by atoms with van der Waals surface area (Å²) in [4.78, 5) is 41.1. The van der Waals surface area contributed by atoms with E-state index in [1.165, 1.54) is 4.90 Å². The Morgan fingerprint density at radius 1 is 1.00 bits per heavy atom. The van der Waals surface area contributed by atoms with Crippen LogP contribution in [0.2, 0.25) is 10.0 Å². The van der Waals surface area contributed by atoms with Gasteiger partial charge in [0.1, 0.15) is 12.1 Å². The second-order valence-corrected chi connectivity index (χ2v) is 9.21. The van der Waals surface area contributed by atoms with Gasteiger partial charge in [0.25, 0.3) is 5.91 Å². The third-order valence-electron chi connectivity index (χ3n) is 5.80. The van der Waals surface area contributed by atoms with Crippen molar-refractivity contribution >= 4 is 59.0 Å². The lowest BCUT2D eigenvalue weighted by molar-refractivity contribution is -0.143. The number of fused-ring (bicyclic) bond motifs is 1. The SMILES string of the molecule is CN[C@@H](C)C(=O)N[C@H](C(=O)N1Cc2ccccc2C1C(=O)Nc1c(Cl)cccc1Cl)C(C)C.Cl. The number of nitrogens with zero attached hydrogens (tertiary/aromatic N) is 1. The van der Waals surface area contributed by atoms with Crippen LogP contribution < -0.4 is 16.0 Å². The summed E-state index contributed by atoms with van der Waals surface area (Å²) in [5.74, 6) is -1.23. The van der Waals surface area contributed by atoms with E-state index in [0.717, 1.165) is 11.1 Å². The molecule has 0 saturated heterocycles. The Balaban J connectivity index is 0.00000408. The summed E-state index contributed by atoms with van der Waals surface area (Å²) >= 11 is 12.5. The summed E-state index contributed by atoms with van der Waals surface area (Å²) in [6.45, 7) is 5.68. The number of benzene rings is 2. The average Bonchev–Trinajstić information content (AvgIpc) is 3.18. The summed E-state index contributed by atoms with van der Waals surface area (Å²) in [6, 6.07) is 10.2. The Bertz CT molecular complexity index is 1040. The van der Waals surface area contributed by atoms with Gasteiger partial charge in [-0.2, -0.15) is 0 Å². The van der Waals surface area contributed by atoms with Gasteiger partial charge in [0, 0.05) is 6.54 Å². The van der Waals surface area contributed by atoms with E-state index in [0.29, 0.717) is 15.7 Å². The molecule has 0 aliphatic carbocycles. The highest BCUT2D eigenvalue weighted by atomic mass is 35.5. The molecule has 3 rings (SSSR count). The van der Waals surface area contributed by atoms with Crippen molar-refractivity contribution in [1.82, 2.24) is 15.5 Å². The predicted molar refractivity (Wildman–Crippen MR) is 137 cm³/mol. The number of carbonyl (C=O) groups is 3. The van der Waals surface area contributed by atoms with Gasteiger partial charge in [0.2, 0.25) is 11.8 Å². The molecule has 1 aliphatic rings. The maximum absolute atomic E-state index is 13.7. The fraction of sp³-hybridized carbons (Fsp3) is 0.375. The van der Waals surface area contributed by atoms with E-state index < -0.39 is 24.0 Å².